The van der Waals surface area contributed by atoms with Crippen molar-refractivity contribution in [3.8, 4) is 0 Å². The van der Waals surface area contributed by atoms with Crippen molar-refractivity contribution in [3.05, 3.63) is 30.3 Å². The fraction of sp³-hybridized carbons (Fsp3) is 0.125. The summed E-state index contributed by atoms with van der Waals surface area (Å²) in [6.45, 7) is 0. The van der Waals surface area contributed by atoms with Crippen molar-refractivity contribution in [1.82, 2.24) is 0 Å². The molecule has 0 heterocycles. The number of carbonyl (C=O) groups excluding carboxylic acids is 1. The fourth-order valence-corrected chi connectivity index (χ4v) is 2.01. The van der Waals surface area contributed by atoms with Crippen LogP contribution in [0.15, 0.2) is 35.2 Å². The van der Waals surface area contributed by atoms with Gasteiger partial charge >= 0.3 is 0 Å². The van der Waals surface area contributed by atoms with E-state index in [-0.39, 0.29) is 17.3 Å². The number of halogens is 1. The third kappa shape index (κ3) is 3.35. The molecule has 1 rings (SSSR count). The number of benzene rings is 1. The monoisotopic (exact) mass is 235 g/mol. The van der Waals surface area contributed by atoms with E-state index >= 15 is 0 Å². The number of rotatable bonds is 3. The molecule has 0 saturated carbocycles. The second-order valence-corrected chi connectivity index (χ2v) is 4.53. The summed E-state index contributed by atoms with van der Waals surface area (Å²) in [4.78, 5) is 10.6. The van der Waals surface area contributed by atoms with Gasteiger partial charge in [-0.1, -0.05) is 18.2 Å². The summed E-state index contributed by atoms with van der Waals surface area (Å²) in [5, 5.41) is 0. The first-order valence-corrected chi connectivity index (χ1v) is 5.24. The molecule has 0 aliphatic carbocycles. The first kappa shape index (κ1) is 12.9. The predicted octanol–water partition coefficient (Wildman–Crippen LogP) is 0.367. The van der Waals surface area contributed by atoms with Crippen molar-refractivity contribution >= 4 is 28.2 Å². The Bertz CT molecular complexity index is 402. The van der Waals surface area contributed by atoms with Crippen LogP contribution < -0.4 is 5.73 Å². The second kappa shape index (κ2) is 4.97. The topological polar surface area (TPSA) is 77.2 Å². The maximum Gasteiger partial charge on any atom is 0.233 e. The predicted molar refractivity (Wildman–Crippen MR) is 54.9 cm³/mol. The highest BCUT2D eigenvalue weighted by atomic mass is 35.5. The molecule has 1 aromatic carbocycles. The number of primary amides is 1. The highest BCUT2D eigenvalue weighted by Crippen LogP contribution is 2.08. The molecule has 1 aromatic rings. The molecular weight excluding hydrogens is 226 g/mol. The van der Waals surface area contributed by atoms with Gasteiger partial charge in [0.1, 0.15) is 5.75 Å². The van der Waals surface area contributed by atoms with E-state index in [9.17, 15) is 13.2 Å². The zero-order valence-corrected chi connectivity index (χ0v) is 8.85. The van der Waals surface area contributed by atoms with Crippen molar-refractivity contribution in [3.63, 3.8) is 0 Å². The van der Waals surface area contributed by atoms with E-state index in [1.165, 1.54) is 12.1 Å². The number of carbonyl (C=O) groups is 1. The molecule has 0 bridgehead atoms. The molecule has 6 heteroatoms. The molecule has 0 fully saturated rings. The lowest BCUT2D eigenvalue weighted by molar-refractivity contribution is -0.115. The molecule has 78 valence electrons. The van der Waals surface area contributed by atoms with Gasteiger partial charge in [-0.3, -0.25) is 4.79 Å². The lowest BCUT2D eigenvalue weighted by Crippen LogP contribution is -2.23. The van der Waals surface area contributed by atoms with Gasteiger partial charge in [0.05, 0.1) is 4.90 Å². The molecule has 0 aliphatic rings. The normalized spacial score (nSPS) is 10.3. The standard InChI is InChI=1S/C8H9NO3S.ClH/c9-8(10)6-13(11,12)7-4-2-1-3-5-7;/h1-5H,6H2,(H2,9,10);1H. The quantitative estimate of drug-likeness (QED) is 0.822. The van der Waals surface area contributed by atoms with Gasteiger partial charge in [0.2, 0.25) is 5.91 Å². The van der Waals surface area contributed by atoms with E-state index in [2.05, 4.69) is 0 Å². The molecule has 0 aromatic heterocycles. The Morgan fingerprint density at radius 3 is 2.14 bits per heavy atom. The molecule has 14 heavy (non-hydrogen) atoms. The zero-order valence-electron chi connectivity index (χ0n) is 7.21. The lowest BCUT2D eigenvalue weighted by atomic mass is 10.4. The highest BCUT2D eigenvalue weighted by Gasteiger charge is 2.16. The minimum Gasteiger partial charge on any atom is -0.369 e. The van der Waals surface area contributed by atoms with Crippen molar-refractivity contribution in [2.75, 3.05) is 5.75 Å². The average Bonchev–Trinajstić information content (AvgIpc) is 2.04. The largest absolute Gasteiger partial charge is 0.369 e. The van der Waals surface area contributed by atoms with Crippen molar-refractivity contribution < 1.29 is 13.2 Å². The van der Waals surface area contributed by atoms with E-state index in [1.54, 1.807) is 18.2 Å². The van der Waals surface area contributed by atoms with Gasteiger partial charge in [0, 0.05) is 0 Å². The van der Waals surface area contributed by atoms with Gasteiger partial charge < -0.3 is 5.73 Å². The first-order chi connectivity index (χ1) is 6.02. The van der Waals surface area contributed by atoms with Crippen LogP contribution in [-0.2, 0) is 14.6 Å². The summed E-state index contributed by atoms with van der Waals surface area (Å²) in [5.74, 6) is -1.49. The van der Waals surface area contributed by atoms with Crippen LogP contribution in [0.2, 0.25) is 0 Å². The van der Waals surface area contributed by atoms with E-state index in [0.29, 0.717) is 0 Å². The number of hydrogen-bond donors (Lipinski definition) is 1. The zero-order chi connectivity index (χ0) is 9.90. The van der Waals surface area contributed by atoms with Crippen molar-refractivity contribution in [2.45, 2.75) is 4.90 Å². The number of nitrogens with two attached hydrogens (primary N) is 1. The molecule has 2 N–H and O–H groups in total. The van der Waals surface area contributed by atoms with Gasteiger partial charge in [-0.25, -0.2) is 8.42 Å². The van der Waals surface area contributed by atoms with Gasteiger partial charge in [-0.15, -0.1) is 12.4 Å². The minimum absolute atomic E-state index is 0. The smallest absolute Gasteiger partial charge is 0.233 e. The van der Waals surface area contributed by atoms with Crippen LogP contribution in [-0.4, -0.2) is 20.1 Å². The first-order valence-electron chi connectivity index (χ1n) is 3.58. The number of amides is 1. The molecule has 0 radical (unpaired) electrons. The van der Waals surface area contributed by atoms with Gasteiger partial charge in [0.15, 0.2) is 9.84 Å². The van der Waals surface area contributed by atoms with E-state index < -0.39 is 21.5 Å². The Hall–Kier alpha value is -1.07. The molecule has 4 nitrogen and oxygen atoms in total. The molecular formula is C8H10ClNO3S. The summed E-state index contributed by atoms with van der Waals surface area (Å²) in [5.41, 5.74) is 4.80. The SMILES string of the molecule is Cl.NC(=O)CS(=O)(=O)c1ccccc1. The highest BCUT2D eigenvalue weighted by molar-refractivity contribution is 7.92. The maximum atomic E-state index is 11.3. The molecule has 0 unspecified atom stereocenters. The average molecular weight is 236 g/mol. The van der Waals surface area contributed by atoms with E-state index in [0.717, 1.165) is 0 Å². The Kier molecular flexibility index (Phi) is 4.59. The van der Waals surface area contributed by atoms with Crippen LogP contribution >= 0.6 is 12.4 Å². The summed E-state index contributed by atoms with van der Waals surface area (Å²) >= 11 is 0. The maximum absolute atomic E-state index is 11.3. The van der Waals surface area contributed by atoms with Crippen molar-refractivity contribution in [2.24, 2.45) is 5.73 Å². The molecule has 0 atom stereocenters. The molecule has 0 saturated heterocycles. The summed E-state index contributed by atoms with van der Waals surface area (Å²) in [6, 6.07) is 7.74. The van der Waals surface area contributed by atoms with Crippen molar-refractivity contribution in [1.29, 1.82) is 0 Å². The second-order valence-electron chi connectivity index (χ2n) is 2.54. The Labute approximate surface area is 88.4 Å². The van der Waals surface area contributed by atoms with Crippen LogP contribution in [0, 0.1) is 0 Å². The minimum atomic E-state index is -3.53. The fourth-order valence-electron chi connectivity index (χ4n) is 0.898. The third-order valence-corrected chi connectivity index (χ3v) is 3.09. The summed E-state index contributed by atoms with van der Waals surface area (Å²) in [6.07, 6.45) is 0. The van der Waals surface area contributed by atoms with Crippen LogP contribution in [0.5, 0.6) is 0 Å². The van der Waals surface area contributed by atoms with Gasteiger partial charge in [-0.05, 0) is 12.1 Å². The van der Waals surface area contributed by atoms with Gasteiger partial charge in [-0.2, -0.15) is 0 Å². The van der Waals surface area contributed by atoms with E-state index in [1.807, 2.05) is 0 Å². The summed E-state index contributed by atoms with van der Waals surface area (Å²) in [7, 11) is -3.53. The lowest BCUT2D eigenvalue weighted by Gasteiger charge is -1.99. The molecule has 1 amide bonds. The van der Waals surface area contributed by atoms with Crippen LogP contribution in [0.3, 0.4) is 0 Å². The molecule has 0 spiro atoms. The molecule has 0 aliphatic heterocycles. The Morgan fingerprint density at radius 1 is 1.21 bits per heavy atom. The summed E-state index contributed by atoms with van der Waals surface area (Å²) < 4.78 is 22.7. The number of sulfone groups is 1. The van der Waals surface area contributed by atoms with Crippen LogP contribution in [0.4, 0.5) is 0 Å². The van der Waals surface area contributed by atoms with Crippen LogP contribution in [0.1, 0.15) is 0 Å². The number of hydrogen-bond acceptors (Lipinski definition) is 3. The van der Waals surface area contributed by atoms with E-state index in [4.69, 9.17) is 5.73 Å². The third-order valence-electron chi connectivity index (χ3n) is 1.43. The van der Waals surface area contributed by atoms with Crippen LogP contribution in [0.25, 0.3) is 0 Å². The Balaban J connectivity index is 0.00000169. The Morgan fingerprint density at radius 2 is 1.71 bits per heavy atom. The van der Waals surface area contributed by atoms with Gasteiger partial charge in [0.25, 0.3) is 0 Å².